The first-order valence-corrected chi connectivity index (χ1v) is 9.30. The first-order chi connectivity index (χ1) is 14.2. The van der Waals surface area contributed by atoms with Gasteiger partial charge >= 0.3 is 5.69 Å². The highest BCUT2D eigenvalue weighted by atomic mass is 16.5. The zero-order valence-corrected chi connectivity index (χ0v) is 17.4. The number of benzene rings is 1. The summed E-state index contributed by atoms with van der Waals surface area (Å²) in [5.74, 6) is 0.338. The minimum atomic E-state index is -0.774. The number of nitrogens with two attached hydrogens (primary N) is 1. The number of fused-ring (bicyclic) bond motifs is 3. The van der Waals surface area contributed by atoms with Crippen molar-refractivity contribution in [2.45, 2.75) is 27.3 Å². The number of aryl methyl sites for hydroxylation is 3. The molecular weight excluding hydrogens is 388 g/mol. The largest absolute Gasteiger partial charge is 0.495 e. The summed E-state index contributed by atoms with van der Waals surface area (Å²) in [7, 11) is 3.10. The fourth-order valence-electron chi connectivity index (χ4n) is 3.81. The molecule has 0 spiro atoms. The van der Waals surface area contributed by atoms with Gasteiger partial charge in [-0.3, -0.25) is 23.1 Å². The van der Waals surface area contributed by atoms with Gasteiger partial charge in [0.25, 0.3) is 5.56 Å². The zero-order valence-electron chi connectivity index (χ0n) is 17.4. The van der Waals surface area contributed by atoms with Gasteiger partial charge in [0.15, 0.2) is 11.2 Å². The van der Waals surface area contributed by atoms with Gasteiger partial charge in [-0.05, 0) is 38.5 Å². The number of ether oxygens (including phenoxy) is 1. The molecule has 0 aliphatic carbocycles. The van der Waals surface area contributed by atoms with E-state index in [1.54, 1.807) is 11.5 Å². The van der Waals surface area contributed by atoms with Crippen LogP contribution in [0, 0.1) is 20.8 Å². The number of imidazole rings is 2. The number of methoxy groups -OCH3 is 1. The highest BCUT2D eigenvalue weighted by molar-refractivity contribution is 5.78. The molecule has 0 saturated heterocycles. The molecule has 0 radical (unpaired) electrons. The molecule has 3 heterocycles. The molecule has 0 bridgehead atoms. The second-order valence-electron chi connectivity index (χ2n) is 7.30. The van der Waals surface area contributed by atoms with Crippen LogP contribution in [0.3, 0.4) is 0 Å². The van der Waals surface area contributed by atoms with E-state index in [4.69, 9.17) is 10.5 Å². The quantitative estimate of drug-likeness (QED) is 0.527. The average molecular weight is 410 g/mol. The fraction of sp³-hybridized carbons (Fsp3) is 0.300. The molecule has 0 atom stereocenters. The van der Waals surface area contributed by atoms with Crippen LogP contribution in [0.1, 0.15) is 17.0 Å². The Hall–Kier alpha value is -3.82. The van der Waals surface area contributed by atoms with E-state index in [-0.39, 0.29) is 11.2 Å². The van der Waals surface area contributed by atoms with Crippen LogP contribution in [-0.2, 0) is 18.4 Å². The molecule has 30 heavy (non-hydrogen) atoms. The molecule has 0 aliphatic rings. The lowest BCUT2D eigenvalue weighted by Gasteiger charge is -2.12. The van der Waals surface area contributed by atoms with E-state index >= 15 is 0 Å². The van der Waals surface area contributed by atoms with Crippen LogP contribution in [0.4, 0.5) is 0 Å². The number of amides is 1. The Morgan fingerprint density at radius 1 is 1.17 bits per heavy atom. The van der Waals surface area contributed by atoms with E-state index in [0.29, 0.717) is 11.5 Å². The summed E-state index contributed by atoms with van der Waals surface area (Å²) in [6.45, 7) is 5.26. The highest BCUT2D eigenvalue weighted by Gasteiger charge is 2.24. The number of nitrogens with zero attached hydrogens (tertiary/aromatic N) is 5. The minimum absolute atomic E-state index is 0.208. The third-order valence-corrected chi connectivity index (χ3v) is 5.41. The molecule has 3 aromatic heterocycles. The third kappa shape index (κ3) is 2.56. The number of rotatable bonds is 4. The summed E-state index contributed by atoms with van der Waals surface area (Å²) in [4.78, 5) is 41.8. The lowest BCUT2D eigenvalue weighted by atomic mass is 10.2. The number of aromatic nitrogens is 5. The smallest absolute Gasteiger partial charge is 0.332 e. The molecule has 10 heteroatoms. The molecule has 10 nitrogen and oxygen atoms in total. The van der Waals surface area contributed by atoms with Crippen LogP contribution in [0.5, 0.6) is 5.75 Å². The highest BCUT2D eigenvalue weighted by Crippen LogP contribution is 2.30. The van der Waals surface area contributed by atoms with Crippen LogP contribution in [-0.4, -0.2) is 36.1 Å². The Balaban J connectivity index is 2.21. The van der Waals surface area contributed by atoms with E-state index in [9.17, 15) is 14.4 Å². The molecule has 1 aromatic carbocycles. The predicted molar refractivity (Wildman–Crippen MR) is 111 cm³/mol. The van der Waals surface area contributed by atoms with Gasteiger partial charge in [0.05, 0.1) is 12.8 Å². The maximum atomic E-state index is 13.1. The van der Waals surface area contributed by atoms with Gasteiger partial charge in [0.1, 0.15) is 12.3 Å². The first kappa shape index (κ1) is 19.5. The van der Waals surface area contributed by atoms with Gasteiger partial charge in [-0.15, -0.1) is 0 Å². The van der Waals surface area contributed by atoms with Crippen LogP contribution in [0.25, 0.3) is 22.6 Å². The fourth-order valence-corrected chi connectivity index (χ4v) is 3.81. The van der Waals surface area contributed by atoms with Crippen molar-refractivity contribution in [3.05, 3.63) is 56.0 Å². The van der Waals surface area contributed by atoms with E-state index in [1.807, 2.05) is 43.5 Å². The average Bonchev–Trinajstić information content (AvgIpc) is 3.19. The second kappa shape index (κ2) is 6.61. The van der Waals surface area contributed by atoms with Crippen molar-refractivity contribution in [2.24, 2.45) is 12.8 Å². The van der Waals surface area contributed by atoms with Crippen molar-refractivity contribution < 1.29 is 9.53 Å². The summed E-state index contributed by atoms with van der Waals surface area (Å²) < 4.78 is 11.2. The molecule has 4 rings (SSSR count). The van der Waals surface area contributed by atoms with Crippen LogP contribution < -0.4 is 21.7 Å². The summed E-state index contributed by atoms with van der Waals surface area (Å²) in [6.07, 6.45) is 0. The lowest BCUT2D eigenvalue weighted by Crippen LogP contribution is -2.42. The molecule has 156 valence electrons. The van der Waals surface area contributed by atoms with E-state index < -0.39 is 23.7 Å². The predicted octanol–water partition coefficient (Wildman–Crippen LogP) is 0.558. The molecule has 0 fully saturated rings. The number of hydrogen-bond acceptors (Lipinski definition) is 5. The van der Waals surface area contributed by atoms with Crippen molar-refractivity contribution in [1.82, 2.24) is 23.1 Å². The van der Waals surface area contributed by atoms with Crippen molar-refractivity contribution in [3.63, 3.8) is 0 Å². The molecule has 0 unspecified atom stereocenters. The van der Waals surface area contributed by atoms with Crippen LogP contribution in [0.2, 0.25) is 0 Å². The van der Waals surface area contributed by atoms with Gasteiger partial charge < -0.3 is 10.5 Å². The monoisotopic (exact) mass is 410 g/mol. The number of carbonyl (C=O) groups is 1. The number of carbonyl (C=O) groups excluding carboxylic acids is 1. The zero-order chi connectivity index (χ0) is 21.9. The Kier molecular flexibility index (Phi) is 4.30. The van der Waals surface area contributed by atoms with Crippen molar-refractivity contribution in [3.8, 4) is 11.4 Å². The van der Waals surface area contributed by atoms with Gasteiger partial charge in [-0.25, -0.2) is 9.36 Å². The molecule has 0 aliphatic heterocycles. The molecular formula is C20H22N6O4. The number of primary amides is 1. The Morgan fingerprint density at radius 3 is 2.50 bits per heavy atom. The van der Waals surface area contributed by atoms with Crippen LogP contribution >= 0.6 is 0 Å². The summed E-state index contributed by atoms with van der Waals surface area (Å²) in [5.41, 5.74) is 7.84. The van der Waals surface area contributed by atoms with Gasteiger partial charge in [0, 0.05) is 18.4 Å². The van der Waals surface area contributed by atoms with E-state index in [1.165, 1.54) is 11.6 Å². The minimum Gasteiger partial charge on any atom is -0.495 e. The van der Waals surface area contributed by atoms with Crippen molar-refractivity contribution in [2.75, 3.05) is 7.11 Å². The van der Waals surface area contributed by atoms with Crippen molar-refractivity contribution in [1.29, 1.82) is 0 Å². The molecule has 1 amide bonds. The summed E-state index contributed by atoms with van der Waals surface area (Å²) in [5, 5.41) is 0. The van der Waals surface area contributed by atoms with Crippen molar-refractivity contribution >= 4 is 22.8 Å². The number of hydrogen-bond donors (Lipinski definition) is 1. The van der Waals surface area contributed by atoms with Crippen LogP contribution in [0.15, 0.2) is 27.8 Å². The maximum absolute atomic E-state index is 13.1. The summed E-state index contributed by atoms with van der Waals surface area (Å²) in [6, 6.07) is 5.78. The standard InChI is InChI=1S/C20H22N6O4/c1-10-6-7-14(30-5)13(8-10)25-11(2)12(3)26-16-17(22-19(25)26)23(4)20(29)24(18(16)28)9-15(21)27/h6-8H,9H2,1-5H3,(H2,21,27). The van der Waals surface area contributed by atoms with Gasteiger partial charge in [-0.2, -0.15) is 4.98 Å². The second-order valence-corrected chi connectivity index (χ2v) is 7.30. The van der Waals surface area contributed by atoms with E-state index in [0.717, 1.165) is 27.2 Å². The Labute approximate surface area is 170 Å². The Bertz CT molecular complexity index is 1470. The van der Waals surface area contributed by atoms with Gasteiger partial charge in [-0.1, -0.05) is 6.07 Å². The SMILES string of the molecule is COc1ccc(C)cc1-n1c(C)c(C)n2c3c(=O)n(CC(N)=O)c(=O)n(C)c3nc12. The maximum Gasteiger partial charge on any atom is 0.332 e. The lowest BCUT2D eigenvalue weighted by molar-refractivity contribution is -0.118. The molecule has 4 aromatic rings. The molecule has 0 saturated carbocycles. The first-order valence-electron chi connectivity index (χ1n) is 9.30. The third-order valence-electron chi connectivity index (χ3n) is 5.41. The normalized spacial score (nSPS) is 11.5. The van der Waals surface area contributed by atoms with Gasteiger partial charge in [0.2, 0.25) is 11.7 Å². The topological polar surface area (TPSA) is 119 Å². The Morgan fingerprint density at radius 2 is 1.87 bits per heavy atom. The molecule has 2 N–H and O–H groups in total. The summed E-state index contributed by atoms with van der Waals surface area (Å²) >= 11 is 0. The van der Waals surface area contributed by atoms with E-state index in [2.05, 4.69) is 4.98 Å².